The number of carbonyl (C=O) groups is 2. The summed E-state index contributed by atoms with van der Waals surface area (Å²) in [5.74, 6) is 0.259. The first-order valence-electron chi connectivity index (χ1n) is 6.66. The summed E-state index contributed by atoms with van der Waals surface area (Å²) in [5.41, 5.74) is 1.84. The van der Waals surface area contributed by atoms with Gasteiger partial charge in [0.15, 0.2) is 5.76 Å². The van der Waals surface area contributed by atoms with Crippen LogP contribution in [0.4, 0.5) is 0 Å². The van der Waals surface area contributed by atoms with Gasteiger partial charge in [0.1, 0.15) is 5.58 Å². The molecular weight excluding hydrogens is 256 g/mol. The van der Waals surface area contributed by atoms with E-state index >= 15 is 0 Å². The zero-order valence-electron chi connectivity index (χ0n) is 11.3. The van der Waals surface area contributed by atoms with Crippen molar-refractivity contribution >= 4 is 23.3 Å². The summed E-state index contributed by atoms with van der Waals surface area (Å²) >= 11 is 0. The second kappa shape index (κ2) is 5.00. The van der Waals surface area contributed by atoms with Gasteiger partial charge in [0.2, 0.25) is 6.41 Å². The zero-order valence-corrected chi connectivity index (χ0v) is 11.3. The summed E-state index contributed by atoms with van der Waals surface area (Å²) in [6.45, 7) is 4.24. The summed E-state index contributed by atoms with van der Waals surface area (Å²) in [7, 11) is 0. The maximum atomic E-state index is 12.4. The molecule has 1 fully saturated rings. The number of nitrogens with zero attached hydrogens (tertiary/aromatic N) is 2. The number of carbonyl (C=O) groups excluding carboxylic acids is 2. The summed E-state index contributed by atoms with van der Waals surface area (Å²) in [4.78, 5) is 26.4. The molecule has 0 aliphatic carbocycles. The molecule has 0 radical (unpaired) electrons. The minimum Gasteiger partial charge on any atom is -0.451 e. The maximum Gasteiger partial charge on any atom is 0.289 e. The van der Waals surface area contributed by atoms with Crippen LogP contribution in [0.2, 0.25) is 0 Å². The van der Waals surface area contributed by atoms with Crippen molar-refractivity contribution < 1.29 is 14.0 Å². The smallest absolute Gasteiger partial charge is 0.289 e. The van der Waals surface area contributed by atoms with Gasteiger partial charge in [-0.15, -0.1) is 0 Å². The van der Waals surface area contributed by atoms with E-state index in [0.29, 0.717) is 31.9 Å². The van der Waals surface area contributed by atoms with Gasteiger partial charge in [-0.3, -0.25) is 9.59 Å². The first-order chi connectivity index (χ1) is 9.67. The number of piperazine rings is 1. The van der Waals surface area contributed by atoms with Gasteiger partial charge in [-0.25, -0.2) is 0 Å². The molecule has 0 atom stereocenters. The molecule has 104 valence electrons. The molecular formula is C15H16N2O3. The largest absolute Gasteiger partial charge is 0.451 e. The Morgan fingerprint density at radius 3 is 2.65 bits per heavy atom. The highest BCUT2D eigenvalue weighted by atomic mass is 16.3. The molecule has 1 aromatic carbocycles. The summed E-state index contributed by atoms with van der Waals surface area (Å²) in [6.07, 6.45) is 0.825. The fourth-order valence-corrected chi connectivity index (χ4v) is 2.43. The number of rotatable bonds is 2. The van der Waals surface area contributed by atoms with E-state index in [2.05, 4.69) is 0 Å². The molecule has 1 aromatic heterocycles. The second-order valence-corrected chi connectivity index (χ2v) is 5.09. The molecule has 2 aromatic rings. The molecule has 2 heterocycles. The van der Waals surface area contributed by atoms with Crippen LogP contribution in [0.25, 0.3) is 11.0 Å². The van der Waals surface area contributed by atoms with Crippen LogP contribution in [-0.2, 0) is 4.79 Å². The molecule has 5 heteroatoms. The van der Waals surface area contributed by atoms with Crippen LogP contribution in [0.3, 0.4) is 0 Å². The molecule has 0 saturated carbocycles. The molecule has 0 bridgehead atoms. The van der Waals surface area contributed by atoms with E-state index < -0.39 is 0 Å². The van der Waals surface area contributed by atoms with Gasteiger partial charge in [-0.1, -0.05) is 12.1 Å². The van der Waals surface area contributed by atoms with Crippen LogP contribution < -0.4 is 0 Å². The predicted molar refractivity (Wildman–Crippen MR) is 74.5 cm³/mol. The van der Waals surface area contributed by atoms with Gasteiger partial charge in [0, 0.05) is 31.6 Å². The van der Waals surface area contributed by atoms with Crippen molar-refractivity contribution in [2.45, 2.75) is 6.92 Å². The Morgan fingerprint density at radius 1 is 1.20 bits per heavy atom. The van der Waals surface area contributed by atoms with Gasteiger partial charge in [0.05, 0.1) is 0 Å². The average molecular weight is 272 g/mol. The molecule has 3 rings (SSSR count). The first kappa shape index (κ1) is 12.7. The number of fused-ring (bicyclic) bond motifs is 1. The minimum absolute atomic E-state index is 0.107. The molecule has 0 spiro atoms. The van der Waals surface area contributed by atoms with Crippen LogP contribution in [0.5, 0.6) is 0 Å². The van der Waals surface area contributed by atoms with Crippen LogP contribution in [0, 0.1) is 6.92 Å². The van der Waals surface area contributed by atoms with Crippen molar-refractivity contribution in [3.8, 4) is 0 Å². The van der Waals surface area contributed by atoms with Crippen molar-refractivity contribution in [3.05, 3.63) is 35.6 Å². The molecule has 1 aliphatic rings. The fraction of sp³-hybridized carbons (Fsp3) is 0.333. The summed E-state index contributed by atoms with van der Waals surface area (Å²) < 4.78 is 5.64. The first-order valence-corrected chi connectivity index (χ1v) is 6.66. The van der Waals surface area contributed by atoms with E-state index in [9.17, 15) is 9.59 Å². The van der Waals surface area contributed by atoms with E-state index in [1.165, 1.54) is 0 Å². The van der Waals surface area contributed by atoms with Crippen molar-refractivity contribution in [3.63, 3.8) is 0 Å². The zero-order chi connectivity index (χ0) is 14.1. The van der Waals surface area contributed by atoms with Crippen molar-refractivity contribution in [1.82, 2.24) is 9.80 Å². The highest BCUT2D eigenvalue weighted by molar-refractivity contribution is 5.96. The number of benzene rings is 1. The fourth-order valence-electron chi connectivity index (χ4n) is 2.43. The van der Waals surface area contributed by atoms with E-state index in [0.717, 1.165) is 22.9 Å². The lowest BCUT2D eigenvalue weighted by Gasteiger charge is -2.31. The molecule has 1 saturated heterocycles. The Balaban J connectivity index is 1.80. The third-order valence-electron chi connectivity index (χ3n) is 3.64. The van der Waals surface area contributed by atoms with Gasteiger partial charge in [-0.2, -0.15) is 0 Å². The molecule has 0 unspecified atom stereocenters. The Kier molecular flexibility index (Phi) is 3.18. The third-order valence-corrected chi connectivity index (χ3v) is 3.64. The highest BCUT2D eigenvalue weighted by Gasteiger charge is 2.23. The molecule has 0 N–H and O–H groups in total. The van der Waals surface area contributed by atoms with Crippen LogP contribution >= 0.6 is 0 Å². The Hall–Kier alpha value is -2.30. The molecule has 20 heavy (non-hydrogen) atoms. The lowest BCUT2D eigenvalue weighted by Crippen LogP contribution is -2.48. The van der Waals surface area contributed by atoms with E-state index in [4.69, 9.17) is 4.42 Å². The Labute approximate surface area is 116 Å². The number of hydrogen-bond acceptors (Lipinski definition) is 3. The minimum atomic E-state index is -0.107. The highest BCUT2D eigenvalue weighted by Crippen LogP contribution is 2.22. The topological polar surface area (TPSA) is 53.8 Å². The van der Waals surface area contributed by atoms with Crippen molar-refractivity contribution in [2.75, 3.05) is 26.2 Å². The third kappa shape index (κ3) is 2.27. The Bertz CT molecular complexity index is 654. The SMILES string of the molecule is Cc1ccc2cc(C(=O)N3CCN(C=O)CC3)oc2c1. The predicted octanol–water partition coefficient (Wildman–Crippen LogP) is 1.66. The van der Waals surface area contributed by atoms with Crippen molar-refractivity contribution in [1.29, 1.82) is 0 Å². The van der Waals surface area contributed by atoms with Gasteiger partial charge < -0.3 is 14.2 Å². The molecule has 2 amide bonds. The molecule has 1 aliphatic heterocycles. The normalized spacial score (nSPS) is 15.7. The number of aryl methyl sites for hydroxylation is 1. The van der Waals surface area contributed by atoms with Crippen LogP contribution in [-0.4, -0.2) is 48.3 Å². The van der Waals surface area contributed by atoms with E-state index in [1.54, 1.807) is 15.9 Å². The average Bonchev–Trinajstić information content (AvgIpc) is 2.89. The maximum absolute atomic E-state index is 12.4. The van der Waals surface area contributed by atoms with Gasteiger partial charge >= 0.3 is 0 Å². The molecule has 5 nitrogen and oxygen atoms in total. The van der Waals surface area contributed by atoms with E-state index in [1.807, 2.05) is 25.1 Å². The summed E-state index contributed by atoms with van der Waals surface area (Å²) in [5, 5.41) is 0.936. The number of furan rings is 1. The summed E-state index contributed by atoms with van der Waals surface area (Å²) in [6, 6.07) is 7.66. The van der Waals surface area contributed by atoms with Gasteiger partial charge in [-0.05, 0) is 24.6 Å². The van der Waals surface area contributed by atoms with E-state index in [-0.39, 0.29) is 5.91 Å². The lowest BCUT2D eigenvalue weighted by atomic mass is 10.2. The van der Waals surface area contributed by atoms with Crippen LogP contribution in [0.15, 0.2) is 28.7 Å². The lowest BCUT2D eigenvalue weighted by molar-refractivity contribution is -0.119. The van der Waals surface area contributed by atoms with Crippen molar-refractivity contribution in [2.24, 2.45) is 0 Å². The number of hydrogen-bond donors (Lipinski definition) is 0. The van der Waals surface area contributed by atoms with Crippen LogP contribution in [0.1, 0.15) is 16.1 Å². The standard InChI is InChI=1S/C15H16N2O3/c1-11-2-3-12-9-14(20-13(12)8-11)15(19)17-6-4-16(10-18)5-7-17/h2-3,8-10H,4-7H2,1H3. The monoisotopic (exact) mass is 272 g/mol. The van der Waals surface area contributed by atoms with Gasteiger partial charge in [0.25, 0.3) is 5.91 Å². The second-order valence-electron chi connectivity index (χ2n) is 5.09. The Morgan fingerprint density at radius 2 is 1.95 bits per heavy atom. The quantitative estimate of drug-likeness (QED) is 0.781. The number of amides is 2.